The van der Waals surface area contributed by atoms with E-state index in [4.69, 9.17) is 5.73 Å². The predicted molar refractivity (Wildman–Crippen MR) is 29.6 cm³/mol. The normalized spacial score (nSPS) is 11.2. The molecule has 0 spiro atoms. The van der Waals surface area contributed by atoms with Crippen molar-refractivity contribution in [2.45, 2.75) is 6.92 Å². The third kappa shape index (κ3) is 3.21. The zero-order valence-corrected chi connectivity index (χ0v) is 3.81. The lowest BCUT2D eigenvalue weighted by Gasteiger charge is -1.77. The van der Waals surface area contributed by atoms with Crippen molar-refractivity contribution < 1.29 is 1.43 Å². The van der Waals surface area contributed by atoms with Crippen LogP contribution in [0.5, 0.6) is 0 Å². The van der Waals surface area contributed by atoms with Crippen molar-refractivity contribution in [3.63, 3.8) is 0 Å². The van der Waals surface area contributed by atoms with Gasteiger partial charge in [0, 0.05) is 13.3 Å². The number of nitrogens with zero attached hydrogens (tertiary/aromatic N) is 1. The Kier molecular flexibility index (Phi) is 2.13. The van der Waals surface area contributed by atoms with E-state index in [1.165, 1.54) is 6.20 Å². The summed E-state index contributed by atoms with van der Waals surface area (Å²) in [5, 5.41) is 0. The Hall–Kier alpha value is -0.790. The third-order valence-electron chi connectivity index (χ3n) is 0.295. The molecule has 0 aromatic carbocycles. The van der Waals surface area contributed by atoms with Crippen LogP contribution < -0.4 is 5.73 Å². The maximum Gasteiger partial charge on any atom is 0.0445 e. The highest BCUT2D eigenvalue weighted by Crippen LogP contribution is 1.75. The summed E-state index contributed by atoms with van der Waals surface area (Å²) in [6.45, 7) is 4.95. The van der Waals surface area contributed by atoms with Crippen LogP contribution in [0.4, 0.5) is 0 Å². The molecule has 36 valence electrons. The minimum Gasteiger partial charge on any atom is -0.401 e. The van der Waals surface area contributed by atoms with Crippen molar-refractivity contribution in [1.82, 2.24) is 0 Å². The van der Waals surface area contributed by atoms with Crippen LogP contribution in [0, 0.1) is 0 Å². The van der Waals surface area contributed by atoms with Crippen LogP contribution in [-0.2, 0) is 0 Å². The van der Waals surface area contributed by atoms with Crippen molar-refractivity contribution in [3.05, 3.63) is 11.9 Å². The molecule has 2 N–H and O–H groups in total. The summed E-state index contributed by atoms with van der Waals surface area (Å²) >= 11 is 0. The zero-order chi connectivity index (χ0) is 4.99. The van der Waals surface area contributed by atoms with Gasteiger partial charge in [0.15, 0.2) is 0 Å². The van der Waals surface area contributed by atoms with Crippen LogP contribution in [0.2, 0.25) is 0 Å². The van der Waals surface area contributed by atoms with Gasteiger partial charge in [-0.3, -0.25) is 4.99 Å². The van der Waals surface area contributed by atoms with E-state index in [2.05, 4.69) is 11.7 Å². The summed E-state index contributed by atoms with van der Waals surface area (Å²) in [5.41, 5.74) is 5.82. The average Bonchev–Trinajstić information content (AvgIpc) is 1.35. The molecule has 0 aliphatic heterocycles. The first-order valence-electron chi connectivity index (χ1n) is 1.65. The fourth-order valence-electron chi connectivity index (χ4n) is 0.144. The van der Waals surface area contributed by atoms with E-state index in [0.29, 0.717) is 5.70 Å². The first-order valence-corrected chi connectivity index (χ1v) is 1.65. The van der Waals surface area contributed by atoms with Gasteiger partial charge in [0.2, 0.25) is 0 Å². The lowest BCUT2D eigenvalue weighted by atomic mass is 10.6. The number of nitrogens with two attached hydrogens (primary N) is 1. The Bertz CT molecular complexity index is 73.8. The molecule has 0 fully saturated rings. The molecule has 0 atom stereocenters. The topological polar surface area (TPSA) is 38.4 Å². The van der Waals surface area contributed by atoms with Gasteiger partial charge in [-0.15, -0.1) is 0 Å². The average molecular weight is 86.1 g/mol. The second kappa shape index (κ2) is 2.45. The Morgan fingerprint density at radius 3 is 2.67 bits per heavy atom. The van der Waals surface area contributed by atoms with Crippen LogP contribution >= 0.6 is 0 Å². The molecule has 0 aliphatic carbocycles. The Balaban J connectivity index is 0. The predicted octanol–water partition coefficient (Wildman–Crippen LogP) is 0.753. The van der Waals surface area contributed by atoms with Gasteiger partial charge in [-0.05, 0) is 13.6 Å². The van der Waals surface area contributed by atoms with Crippen molar-refractivity contribution in [1.29, 1.82) is 0 Å². The maximum absolute atomic E-state index is 5.13. The van der Waals surface area contributed by atoms with E-state index in [0.717, 1.165) is 0 Å². The fourth-order valence-corrected chi connectivity index (χ4v) is 0.144. The summed E-state index contributed by atoms with van der Waals surface area (Å²) in [6, 6.07) is 0. The van der Waals surface area contributed by atoms with Crippen molar-refractivity contribution in [3.8, 4) is 0 Å². The standard InChI is InChI=1S/C4H8N2.H2/c1-4(5)3-6-2;/h3H,2,5H2,1H3;1H/b4-3-;. The molecule has 0 rings (SSSR count). The van der Waals surface area contributed by atoms with E-state index < -0.39 is 0 Å². The largest absolute Gasteiger partial charge is 0.401 e. The second-order valence-electron chi connectivity index (χ2n) is 1.06. The molecular weight excluding hydrogens is 76.1 g/mol. The molecule has 0 aromatic heterocycles. The SMILES string of the molecule is C=N/C=C(/C)N.[HH]. The Labute approximate surface area is 38.9 Å². The fraction of sp³-hybridized carbons (Fsp3) is 0.250. The van der Waals surface area contributed by atoms with E-state index in [9.17, 15) is 0 Å². The van der Waals surface area contributed by atoms with Crippen molar-refractivity contribution in [2.75, 3.05) is 0 Å². The number of allylic oxidation sites excluding steroid dienone is 1. The van der Waals surface area contributed by atoms with Crippen LogP contribution in [0.3, 0.4) is 0 Å². The summed E-state index contributed by atoms with van der Waals surface area (Å²) in [7, 11) is 0. The molecule has 2 nitrogen and oxygen atoms in total. The first-order chi connectivity index (χ1) is 2.77. The minimum atomic E-state index is 0. The van der Waals surface area contributed by atoms with Crippen LogP contribution in [-0.4, -0.2) is 6.72 Å². The summed E-state index contributed by atoms with van der Waals surface area (Å²) < 4.78 is 0. The first kappa shape index (κ1) is 5.21. The maximum atomic E-state index is 5.13. The Morgan fingerprint density at radius 1 is 2.17 bits per heavy atom. The lowest BCUT2D eigenvalue weighted by Crippen LogP contribution is -1.87. The monoisotopic (exact) mass is 86.1 g/mol. The number of rotatable bonds is 1. The molecule has 6 heavy (non-hydrogen) atoms. The summed E-state index contributed by atoms with van der Waals surface area (Å²) in [4.78, 5) is 3.40. The van der Waals surface area contributed by atoms with Crippen LogP contribution in [0.25, 0.3) is 0 Å². The van der Waals surface area contributed by atoms with Gasteiger partial charge in [-0.1, -0.05) is 0 Å². The number of aliphatic imine (C=N–C) groups is 1. The second-order valence-corrected chi connectivity index (χ2v) is 1.06. The van der Waals surface area contributed by atoms with E-state index in [-0.39, 0.29) is 1.43 Å². The molecule has 0 saturated heterocycles. The van der Waals surface area contributed by atoms with Crippen LogP contribution in [0.1, 0.15) is 8.35 Å². The quantitative estimate of drug-likeness (QED) is 0.470. The molecule has 0 bridgehead atoms. The number of hydrogen-bond acceptors (Lipinski definition) is 2. The molecule has 0 amide bonds. The molecular formula is C4H10N2. The highest BCUT2D eigenvalue weighted by Gasteiger charge is 1.64. The molecule has 0 aromatic rings. The summed E-state index contributed by atoms with van der Waals surface area (Å²) in [5.74, 6) is 0. The minimum absolute atomic E-state index is 0. The van der Waals surface area contributed by atoms with E-state index in [1.54, 1.807) is 6.92 Å². The highest BCUT2D eigenvalue weighted by atomic mass is 14.7. The number of hydrogen-bond donors (Lipinski definition) is 1. The van der Waals surface area contributed by atoms with E-state index >= 15 is 0 Å². The van der Waals surface area contributed by atoms with Gasteiger partial charge in [0.1, 0.15) is 0 Å². The van der Waals surface area contributed by atoms with Crippen molar-refractivity contribution in [2.24, 2.45) is 10.7 Å². The van der Waals surface area contributed by atoms with Gasteiger partial charge in [-0.25, -0.2) is 0 Å². The van der Waals surface area contributed by atoms with Gasteiger partial charge in [-0.2, -0.15) is 0 Å². The molecule has 0 aliphatic rings. The molecule has 0 heterocycles. The van der Waals surface area contributed by atoms with Gasteiger partial charge in [0.05, 0.1) is 0 Å². The molecule has 2 heteroatoms. The van der Waals surface area contributed by atoms with Gasteiger partial charge >= 0.3 is 0 Å². The molecule has 0 saturated carbocycles. The zero-order valence-electron chi connectivity index (χ0n) is 3.81. The van der Waals surface area contributed by atoms with Gasteiger partial charge < -0.3 is 5.73 Å². The van der Waals surface area contributed by atoms with Crippen molar-refractivity contribution >= 4 is 6.72 Å². The Morgan fingerprint density at radius 2 is 2.67 bits per heavy atom. The molecule has 0 radical (unpaired) electrons. The highest BCUT2D eigenvalue weighted by molar-refractivity contribution is 5.25. The lowest BCUT2D eigenvalue weighted by molar-refractivity contribution is 1.28. The summed E-state index contributed by atoms with van der Waals surface area (Å²) in [6.07, 6.45) is 1.50. The van der Waals surface area contributed by atoms with Gasteiger partial charge in [0.25, 0.3) is 0 Å². The van der Waals surface area contributed by atoms with E-state index in [1.807, 2.05) is 0 Å². The third-order valence-corrected chi connectivity index (χ3v) is 0.295. The molecule has 0 unspecified atom stereocenters. The van der Waals surface area contributed by atoms with Crippen LogP contribution in [0.15, 0.2) is 16.9 Å². The smallest absolute Gasteiger partial charge is 0.0445 e.